The normalized spacial score (nSPS) is 20.8. The lowest BCUT2D eigenvalue weighted by atomic mass is 10.1. The molecule has 1 fully saturated rings. The van der Waals surface area contributed by atoms with Gasteiger partial charge >= 0.3 is 5.97 Å². The molecule has 1 amide bonds. The summed E-state index contributed by atoms with van der Waals surface area (Å²) < 4.78 is 5.54. The minimum absolute atomic E-state index is 0.0218. The van der Waals surface area contributed by atoms with Crippen LogP contribution in [0.3, 0.4) is 0 Å². The molecule has 2 rings (SSSR count). The third-order valence-corrected chi connectivity index (χ3v) is 4.90. The van der Waals surface area contributed by atoms with Crippen molar-refractivity contribution in [2.75, 3.05) is 6.61 Å². The molecule has 0 radical (unpaired) electrons. The number of carboxylic acid groups (broad SMARTS) is 1. The van der Waals surface area contributed by atoms with Crippen molar-refractivity contribution in [3.05, 3.63) is 33.8 Å². The van der Waals surface area contributed by atoms with Crippen LogP contribution in [0.2, 0.25) is 10.0 Å². The first-order valence-corrected chi connectivity index (χ1v) is 8.97. The fraction of sp³-hybridized carbons (Fsp3) is 0.556. The first-order chi connectivity index (χ1) is 11.6. The van der Waals surface area contributed by atoms with Crippen LogP contribution in [0.5, 0.6) is 0 Å². The Morgan fingerprint density at radius 2 is 2.04 bits per heavy atom. The summed E-state index contributed by atoms with van der Waals surface area (Å²) in [7, 11) is 0. The van der Waals surface area contributed by atoms with Gasteiger partial charge in [-0.15, -0.1) is 0 Å². The number of ether oxygens (including phenoxy) is 1. The van der Waals surface area contributed by atoms with Crippen LogP contribution in [0.1, 0.15) is 45.1 Å². The SMILES string of the molecule is CC(C)(C)OCCC(NC(=O)C1CC1c1cccc(Cl)c1Cl)C(=O)O. The molecule has 3 atom stereocenters. The molecule has 1 saturated carbocycles. The van der Waals surface area contributed by atoms with E-state index in [0.717, 1.165) is 5.56 Å². The number of halogens is 2. The molecule has 2 N–H and O–H groups in total. The van der Waals surface area contributed by atoms with E-state index in [1.807, 2.05) is 26.8 Å². The molecular formula is C18H23Cl2NO4. The van der Waals surface area contributed by atoms with Gasteiger partial charge in [0.25, 0.3) is 0 Å². The summed E-state index contributed by atoms with van der Waals surface area (Å²) >= 11 is 12.2. The van der Waals surface area contributed by atoms with Crippen molar-refractivity contribution in [3.8, 4) is 0 Å². The van der Waals surface area contributed by atoms with Gasteiger partial charge in [0.1, 0.15) is 6.04 Å². The van der Waals surface area contributed by atoms with Gasteiger partial charge in [0.2, 0.25) is 5.91 Å². The molecule has 5 nitrogen and oxygen atoms in total. The first kappa shape index (κ1) is 20.0. The fourth-order valence-electron chi connectivity index (χ4n) is 2.65. The Balaban J connectivity index is 1.92. The number of carbonyl (C=O) groups is 2. The molecular weight excluding hydrogens is 365 g/mol. The summed E-state index contributed by atoms with van der Waals surface area (Å²) in [6.45, 7) is 5.94. The van der Waals surface area contributed by atoms with E-state index in [9.17, 15) is 14.7 Å². The van der Waals surface area contributed by atoms with Gasteiger partial charge in [-0.3, -0.25) is 4.79 Å². The monoisotopic (exact) mass is 387 g/mol. The molecule has 0 bridgehead atoms. The Labute approximate surface area is 157 Å². The second kappa shape index (κ2) is 7.94. The predicted molar refractivity (Wildman–Crippen MR) is 97.2 cm³/mol. The zero-order valence-corrected chi connectivity index (χ0v) is 16.0. The summed E-state index contributed by atoms with van der Waals surface area (Å²) in [6.07, 6.45) is 0.852. The van der Waals surface area contributed by atoms with Crippen molar-refractivity contribution in [3.63, 3.8) is 0 Å². The molecule has 138 valence electrons. The van der Waals surface area contributed by atoms with E-state index in [4.69, 9.17) is 27.9 Å². The summed E-state index contributed by atoms with van der Waals surface area (Å²) in [5.41, 5.74) is 0.482. The molecule has 3 unspecified atom stereocenters. The smallest absolute Gasteiger partial charge is 0.326 e. The molecule has 0 aromatic heterocycles. The van der Waals surface area contributed by atoms with Gasteiger partial charge in [0, 0.05) is 18.9 Å². The maximum Gasteiger partial charge on any atom is 0.326 e. The highest BCUT2D eigenvalue weighted by molar-refractivity contribution is 6.42. The number of aliphatic carboxylic acids is 1. The molecule has 0 heterocycles. The van der Waals surface area contributed by atoms with Crippen molar-refractivity contribution >= 4 is 35.1 Å². The van der Waals surface area contributed by atoms with Crippen LogP contribution in [0.4, 0.5) is 0 Å². The lowest BCUT2D eigenvalue weighted by molar-refractivity contribution is -0.143. The molecule has 0 spiro atoms. The standard InChI is InChI=1S/C18H23Cl2NO4/c1-18(2,3)25-8-7-14(17(23)24)21-16(22)12-9-11(12)10-5-4-6-13(19)15(10)20/h4-6,11-12,14H,7-9H2,1-3H3,(H,21,22)(H,23,24). The first-order valence-electron chi connectivity index (χ1n) is 8.21. The third kappa shape index (κ3) is 5.59. The zero-order chi connectivity index (χ0) is 18.8. The van der Waals surface area contributed by atoms with Gasteiger partial charge in [-0.1, -0.05) is 35.3 Å². The Kier molecular flexibility index (Phi) is 6.35. The number of benzene rings is 1. The van der Waals surface area contributed by atoms with Gasteiger partial charge in [-0.25, -0.2) is 4.79 Å². The lowest BCUT2D eigenvalue weighted by Gasteiger charge is -2.21. The average Bonchev–Trinajstić information content (AvgIpc) is 3.28. The second-order valence-corrected chi connectivity index (χ2v) is 8.03. The van der Waals surface area contributed by atoms with E-state index in [1.54, 1.807) is 12.1 Å². The Morgan fingerprint density at radius 1 is 1.36 bits per heavy atom. The minimum atomic E-state index is -1.07. The summed E-state index contributed by atoms with van der Waals surface area (Å²) in [5.74, 6) is -1.64. The number of rotatable bonds is 7. The number of hydrogen-bond donors (Lipinski definition) is 2. The van der Waals surface area contributed by atoms with Crippen molar-refractivity contribution < 1.29 is 19.4 Å². The third-order valence-electron chi connectivity index (χ3n) is 4.06. The number of carboxylic acids is 1. The van der Waals surface area contributed by atoms with Crippen LogP contribution in [-0.4, -0.2) is 35.2 Å². The van der Waals surface area contributed by atoms with E-state index in [0.29, 0.717) is 16.5 Å². The number of amides is 1. The van der Waals surface area contributed by atoms with E-state index < -0.39 is 12.0 Å². The maximum absolute atomic E-state index is 12.4. The van der Waals surface area contributed by atoms with E-state index >= 15 is 0 Å². The van der Waals surface area contributed by atoms with Crippen molar-refractivity contribution in [1.82, 2.24) is 5.32 Å². The average molecular weight is 388 g/mol. The van der Waals surface area contributed by atoms with Crippen LogP contribution in [0.25, 0.3) is 0 Å². The van der Waals surface area contributed by atoms with Gasteiger partial charge in [0.15, 0.2) is 0 Å². The molecule has 7 heteroatoms. The Morgan fingerprint density at radius 3 is 2.64 bits per heavy atom. The van der Waals surface area contributed by atoms with Gasteiger partial charge in [-0.2, -0.15) is 0 Å². The van der Waals surface area contributed by atoms with Crippen molar-refractivity contribution in [2.45, 2.75) is 51.2 Å². The highest BCUT2D eigenvalue weighted by Crippen LogP contribution is 2.50. The molecule has 1 aliphatic rings. The fourth-order valence-corrected chi connectivity index (χ4v) is 3.10. The minimum Gasteiger partial charge on any atom is -0.480 e. The summed E-state index contributed by atoms with van der Waals surface area (Å²) in [5, 5.41) is 12.8. The Bertz CT molecular complexity index is 657. The lowest BCUT2D eigenvalue weighted by Crippen LogP contribution is -2.42. The van der Waals surface area contributed by atoms with Crippen LogP contribution in [0, 0.1) is 5.92 Å². The molecule has 1 aliphatic carbocycles. The highest BCUT2D eigenvalue weighted by Gasteiger charge is 2.45. The van der Waals surface area contributed by atoms with Crippen LogP contribution in [-0.2, 0) is 14.3 Å². The molecule has 1 aromatic carbocycles. The second-order valence-electron chi connectivity index (χ2n) is 7.24. The molecule has 0 aliphatic heterocycles. The summed E-state index contributed by atoms with van der Waals surface area (Å²) in [6, 6.07) is 4.37. The van der Waals surface area contributed by atoms with Crippen LogP contribution in [0.15, 0.2) is 18.2 Å². The largest absolute Gasteiger partial charge is 0.480 e. The van der Waals surface area contributed by atoms with E-state index in [1.165, 1.54) is 0 Å². The van der Waals surface area contributed by atoms with Crippen LogP contribution < -0.4 is 5.32 Å². The zero-order valence-electron chi connectivity index (χ0n) is 14.5. The number of carbonyl (C=O) groups excluding carboxylic acids is 1. The topological polar surface area (TPSA) is 75.6 Å². The van der Waals surface area contributed by atoms with Gasteiger partial charge in [-0.05, 0) is 44.7 Å². The summed E-state index contributed by atoms with van der Waals surface area (Å²) in [4.78, 5) is 23.7. The van der Waals surface area contributed by atoms with E-state index in [2.05, 4.69) is 5.32 Å². The van der Waals surface area contributed by atoms with Crippen molar-refractivity contribution in [2.24, 2.45) is 5.92 Å². The van der Waals surface area contributed by atoms with Crippen molar-refractivity contribution in [1.29, 1.82) is 0 Å². The van der Waals surface area contributed by atoms with Gasteiger partial charge < -0.3 is 15.2 Å². The highest BCUT2D eigenvalue weighted by atomic mass is 35.5. The van der Waals surface area contributed by atoms with E-state index in [-0.39, 0.29) is 36.4 Å². The number of nitrogens with one attached hydrogen (secondary N) is 1. The molecule has 25 heavy (non-hydrogen) atoms. The molecule has 1 aromatic rings. The maximum atomic E-state index is 12.4. The van der Waals surface area contributed by atoms with Crippen LogP contribution >= 0.6 is 23.2 Å². The molecule has 0 saturated heterocycles. The number of hydrogen-bond acceptors (Lipinski definition) is 3. The predicted octanol–water partition coefficient (Wildman–Crippen LogP) is 3.87. The van der Waals surface area contributed by atoms with Gasteiger partial charge in [0.05, 0.1) is 15.6 Å². The Hall–Kier alpha value is -1.30. The quantitative estimate of drug-likeness (QED) is 0.744.